The fourth-order valence-corrected chi connectivity index (χ4v) is 1.15. The summed E-state index contributed by atoms with van der Waals surface area (Å²) in [6.45, 7) is 4.79. The molecule has 0 spiro atoms. The average molecular weight is 220 g/mol. The van der Waals surface area contributed by atoms with Gasteiger partial charge in [0.1, 0.15) is 5.75 Å². The molecule has 0 aliphatic rings. The van der Waals surface area contributed by atoms with E-state index in [-0.39, 0.29) is 52.8 Å². The van der Waals surface area contributed by atoms with Gasteiger partial charge in [-0.05, 0) is 0 Å². The molecule has 0 unspecified atom stereocenters. The van der Waals surface area contributed by atoms with Gasteiger partial charge < -0.3 is 1.43 Å². The third-order valence-electron chi connectivity index (χ3n) is 1.15. The van der Waals surface area contributed by atoms with Crippen LogP contribution in [0.15, 0.2) is 0 Å². The molecule has 0 aliphatic carbocycles. The van der Waals surface area contributed by atoms with Gasteiger partial charge in [-0.3, -0.25) is 9.35 Å². The normalized spacial score (nSPS) is 12.0. The Hall–Kier alpha value is 1.22. The van der Waals surface area contributed by atoms with Gasteiger partial charge in [-0.2, -0.15) is 8.42 Å². The summed E-state index contributed by atoms with van der Waals surface area (Å²) in [5.41, 5.74) is -0.712. The Balaban J connectivity index is -0.000000500. The molecule has 0 bridgehead atoms. The second-order valence-electron chi connectivity index (χ2n) is 3.40. The molecule has 68 valence electrons. The van der Waals surface area contributed by atoms with E-state index in [0.29, 0.717) is 0 Å². The first kappa shape index (κ1) is 15.7. The number of hydrogen-bond donors (Lipinski definition) is 1. The molecule has 0 saturated carbocycles. The third kappa shape index (κ3) is 7.84. The number of carbonyl (C=O) groups is 1. The van der Waals surface area contributed by atoms with Crippen molar-refractivity contribution in [1.82, 2.24) is 0 Å². The smallest absolute Gasteiger partial charge is 1.00 e. The van der Waals surface area contributed by atoms with E-state index in [0.717, 1.165) is 0 Å². The van der Waals surface area contributed by atoms with Crippen LogP contribution >= 0.6 is 0 Å². The maximum Gasteiger partial charge on any atom is 1.00 e. The van der Waals surface area contributed by atoms with Crippen LogP contribution in [0.5, 0.6) is 0 Å². The van der Waals surface area contributed by atoms with E-state index in [2.05, 4.69) is 0 Å². The van der Waals surface area contributed by atoms with Crippen molar-refractivity contribution in [3.8, 4) is 0 Å². The van der Waals surface area contributed by atoms with Crippen molar-refractivity contribution in [2.45, 2.75) is 20.8 Å². The monoisotopic (exact) mass is 220 g/mol. The number of carbonyl (C=O) groups excluding carboxylic acids is 1. The summed E-state index contributed by atoms with van der Waals surface area (Å²) in [6.07, 6.45) is 0. The standard InChI is InChI=1S/C6H12O4S.K.H/c1-6(2,3)5(7)4-11(8,9)10;;/h4H2,1-3H3,(H,8,9,10);;/q;+1;-1. The molecular formula is C6H13KO4S. The summed E-state index contributed by atoms with van der Waals surface area (Å²) in [7, 11) is -4.16. The van der Waals surface area contributed by atoms with Crippen molar-refractivity contribution in [1.29, 1.82) is 0 Å². The Morgan fingerprint density at radius 3 is 1.83 bits per heavy atom. The minimum atomic E-state index is -4.16. The van der Waals surface area contributed by atoms with Crippen LogP contribution in [-0.2, 0) is 14.9 Å². The molecule has 0 radical (unpaired) electrons. The van der Waals surface area contributed by atoms with E-state index in [1.54, 1.807) is 20.8 Å². The van der Waals surface area contributed by atoms with Crippen LogP contribution in [0.2, 0.25) is 0 Å². The molecule has 0 rings (SSSR count). The molecule has 0 fully saturated rings. The van der Waals surface area contributed by atoms with Crippen molar-refractivity contribution in [2.75, 3.05) is 5.75 Å². The van der Waals surface area contributed by atoms with Crippen molar-refractivity contribution in [3.63, 3.8) is 0 Å². The van der Waals surface area contributed by atoms with Crippen molar-refractivity contribution in [3.05, 3.63) is 0 Å². The zero-order chi connectivity index (χ0) is 9.28. The van der Waals surface area contributed by atoms with Crippen molar-refractivity contribution in [2.24, 2.45) is 5.41 Å². The predicted octanol–water partition coefficient (Wildman–Crippen LogP) is -2.39. The Morgan fingerprint density at radius 2 is 1.75 bits per heavy atom. The first-order valence-corrected chi connectivity index (χ1v) is 4.72. The summed E-state index contributed by atoms with van der Waals surface area (Å²) in [4.78, 5) is 10.9. The molecule has 0 amide bonds. The van der Waals surface area contributed by atoms with Crippen molar-refractivity contribution < 1.29 is 70.6 Å². The van der Waals surface area contributed by atoms with Crippen LogP contribution in [0.1, 0.15) is 22.2 Å². The van der Waals surface area contributed by atoms with Gasteiger partial charge in [0.15, 0.2) is 5.78 Å². The van der Waals surface area contributed by atoms with Crippen LogP contribution in [0, 0.1) is 5.41 Å². The van der Waals surface area contributed by atoms with Gasteiger partial charge in [0, 0.05) is 5.41 Å². The number of hydrogen-bond acceptors (Lipinski definition) is 3. The summed E-state index contributed by atoms with van der Waals surface area (Å²) < 4.78 is 28.7. The quantitative estimate of drug-likeness (QED) is 0.416. The van der Waals surface area contributed by atoms with Gasteiger partial charge in [-0.1, -0.05) is 20.8 Å². The van der Waals surface area contributed by atoms with Crippen LogP contribution < -0.4 is 51.4 Å². The van der Waals surface area contributed by atoms with Crippen LogP contribution in [0.4, 0.5) is 0 Å². The van der Waals surface area contributed by atoms with Gasteiger partial charge in [0.05, 0.1) is 0 Å². The Kier molecular flexibility index (Phi) is 6.77. The minimum Gasteiger partial charge on any atom is -1.00 e. The molecule has 0 saturated heterocycles. The molecule has 6 heteroatoms. The molecule has 12 heavy (non-hydrogen) atoms. The first-order chi connectivity index (χ1) is 4.63. The van der Waals surface area contributed by atoms with Crippen LogP contribution in [0.3, 0.4) is 0 Å². The molecule has 0 heterocycles. The molecule has 0 aromatic heterocycles. The summed E-state index contributed by atoms with van der Waals surface area (Å²) in [5, 5.41) is 0. The van der Waals surface area contributed by atoms with E-state index in [1.165, 1.54) is 0 Å². The van der Waals surface area contributed by atoms with Gasteiger partial charge >= 0.3 is 51.4 Å². The maximum atomic E-state index is 10.9. The topological polar surface area (TPSA) is 71.4 Å². The average Bonchev–Trinajstić information content (AvgIpc) is 1.56. The Morgan fingerprint density at radius 1 is 1.42 bits per heavy atom. The minimum absolute atomic E-state index is 0. The summed E-state index contributed by atoms with van der Waals surface area (Å²) in [6, 6.07) is 0. The fraction of sp³-hybridized carbons (Fsp3) is 0.833. The van der Waals surface area contributed by atoms with E-state index < -0.39 is 27.1 Å². The zero-order valence-corrected chi connectivity index (χ0v) is 11.7. The predicted molar refractivity (Wildman–Crippen MR) is 42.0 cm³/mol. The van der Waals surface area contributed by atoms with Crippen molar-refractivity contribution >= 4 is 15.9 Å². The molecule has 0 aromatic carbocycles. The second kappa shape index (κ2) is 5.19. The first-order valence-electron chi connectivity index (χ1n) is 3.11. The zero-order valence-electron chi connectivity index (χ0n) is 8.79. The Labute approximate surface area is 117 Å². The molecular weight excluding hydrogens is 207 g/mol. The van der Waals surface area contributed by atoms with E-state index in [9.17, 15) is 13.2 Å². The SMILES string of the molecule is CC(C)(C)C(=O)CS(=O)(=O)O.[H-].[K+]. The fourth-order valence-electron chi connectivity index (χ4n) is 0.382. The van der Waals surface area contributed by atoms with E-state index in [4.69, 9.17) is 4.55 Å². The molecule has 0 aliphatic heterocycles. The molecule has 0 aromatic rings. The summed E-state index contributed by atoms with van der Waals surface area (Å²) >= 11 is 0. The second-order valence-corrected chi connectivity index (χ2v) is 4.85. The van der Waals surface area contributed by atoms with Gasteiger partial charge in [0.25, 0.3) is 10.1 Å². The van der Waals surface area contributed by atoms with Gasteiger partial charge in [-0.15, -0.1) is 0 Å². The summed E-state index contributed by atoms with van der Waals surface area (Å²) in [5.74, 6) is -1.28. The number of Topliss-reactive ketones (excluding diaryl/α,β-unsaturated/α-hetero) is 1. The largest absolute Gasteiger partial charge is 1.00 e. The third-order valence-corrected chi connectivity index (χ3v) is 1.78. The van der Waals surface area contributed by atoms with E-state index >= 15 is 0 Å². The number of ketones is 1. The Bertz CT molecular complexity index is 254. The molecule has 1 N–H and O–H groups in total. The van der Waals surface area contributed by atoms with Crippen LogP contribution in [-0.4, -0.2) is 24.5 Å². The van der Waals surface area contributed by atoms with Gasteiger partial charge in [-0.25, -0.2) is 0 Å². The molecule has 4 nitrogen and oxygen atoms in total. The maximum absolute atomic E-state index is 10.9. The van der Waals surface area contributed by atoms with E-state index in [1.807, 2.05) is 0 Å². The molecule has 0 atom stereocenters. The van der Waals surface area contributed by atoms with Gasteiger partial charge in [0.2, 0.25) is 0 Å². The van der Waals surface area contributed by atoms with Crippen LogP contribution in [0.25, 0.3) is 0 Å². The number of rotatable bonds is 2.